The number of thiazole rings is 1. The summed E-state index contributed by atoms with van der Waals surface area (Å²) in [4.78, 5) is 17.1. The third-order valence-electron chi connectivity index (χ3n) is 3.59. The molecule has 1 aromatic carbocycles. The van der Waals surface area contributed by atoms with Gasteiger partial charge < -0.3 is 19.5 Å². The minimum atomic E-state index is -0.229. The van der Waals surface area contributed by atoms with E-state index in [2.05, 4.69) is 17.2 Å². The predicted molar refractivity (Wildman–Crippen MR) is 93.5 cm³/mol. The number of aryl methyl sites for hydroxylation is 1. The largest absolute Gasteiger partial charge is 0.493 e. The quantitative estimate of drug-likeness (QED) is 0.830. The summed E-state index contributed by atoms with van der Waals surface area (Å²) in [5.41, 5.74) is 1.29. The molecule has 0 saturated carbocycles. The van der Waals surface area contributed by atoms with Crippen LogP contribution in [0.3, 0.4) is 0 Å². The van der Waals surface area contributed by atoms with Gasteiger partial charge in [-0.25, -0.2) is 4.98 Å². The van der Waals surface area contributed by atoms with Gasteiger partial charge in [-0.1, -0.05) is 6.92 Å². The smallest absolute Gasteiger partial charge is 0.252 e. The first-order chi connectivity index (χ1) is 11.5. The molecule has 1 amide bonds. The van der Waals surface area contributed by atoms with E-state index in [1.54, 1.807) is 23.5 Å². The summed E-state index contributed by atoms with van der Waals surface area (Å²) in [5, 5.41) is 5.97. The lowest BCUT2D eigenvalue weighted by molar-refractivity contribution is 0.0938. The molecule has 2 aromatic rings. The van der Waals surface area contributed by atoms with Crippen LogP contribution in [0.25, 0.3) is 0 Å². The number of benzene rings is 1. The van der Waals surface area contributed by atoms with Gasteiger partial charge in [0.25, 0.3) is 5.91 Å². The second kappa shape index (κ2) is 8.01. The maximum absolute atomic E-state index is 12.6. The van der Waals surface area contributed by atoms with Crippen LogP contribution < -0.4 is 19.5 Å². The molecule has 0 aliphatic carbocycles. The molecule has 1 atom stereocenters. The maximum atomic E-state index is 12.6. The zero-order chi connectivity index (χ0) is 17.7. The highest BCUT2D eigenvalue weighted by Gasteiger charge is 2.19. The van der Waals surface area contributed by atoms with Crippen molar-refractivity contribution in [2.75, 3.05) is 21.3 Å². The SMILES string of the molecule is CCc1nc(C(C)NC(=O)c2cc(OC)c(OC)c(OC)c2)cs1. The van der Waals surface area contributed by atoms with E-state index < -0.39 is 0 Å². The van der Waals surface area contributed by atoms with Crippen LogP contribution in [0.5, 0.6) is 17.2 Å². The van der Waals surface area contributed by atoms with Gasteiger partial charge in [-0.2, -0.15) is 0 Å². The minimum absolute atomic E-state index is 0.187. The van der Waals surface area contributed by atoms with Crippen molar-refractivity contribution in [2.24, 2.45) is 0 Å². The summed E-state index contributed by atoms with van der Waals surface area (Å²) in [6.07, 6.45) is 0.887. The molecule has 7 heteroatoms. The van der Waals surface area contributed by atoms with Crippen molar-refractivity contribution in [1.29, 1.82) is 0 Å². The number of hydrogen-bond acceptors (Lipinski definition) is 6. The van der Waals surface area contributed by atoms with Crippen molar-refractivity contribution in [3.8, 4) is 17.2 Å². The van der Waals surface area contributed by atoms with Crippen LogP contribution in [0.15, 0.2) is 17.5 Å². The molecular formula is C17H22N2O4S. The second-order valence-corrected chi connectivity index (χ2v) is 6.07. The van der Waals surface area contributed by atoms with Crippen LogP contribution in [0.1, 0.15) is 40.9 Å². The molecule has 0 aliphatic rings. The van der Waals surface area contributed by atoms with E-state index in [1.165, 1.54) is 21.3 Å². The lowest BCUT2D eigenvalue weighted by atomic mass is 10.1. The lowest BCUT2D eigenvalue weighted by Gasteiger charge is -2.16. The highest BCUT2D eigenvalue weighted by Crippen LogP contribution is 2.38. The summed E-state index contributed by atoms with van der Waals surface area (Å²) < 4.78 is 15.8. The van der Waals surface area contributed by atoms with E-state index >= 15 is 0 Å². The normalized spacial score (nSPS) is 11.7. The molecule has 1 unspecified atom stereocenters. The molecule has 6 nitrogen and oxygen atoms in total. The molecule has 0 aliphatic heterocycles. The number of aromatic nitrogens is 1. The number of nitrogens with one attached hydrogen (secondary N) is 1. The van der Waals surface area contributed by atoms with E-state index in [1.807, 2.05) is 12.3 Å². The fraction of sp³-hybridized carbons (Fsp3) is 0.412. The van der Waals surface area contributed by atoms with Crippen LogP contribution >= 0.6 is 11.3 Å². The molecular weight excluding hydrogens is 328 g/mol. The Hall–Kier alpha value is -2.28. The van der Waals surface area contributed by atoms with Crippen LogP contribution in [-0.2, 0) is 6.42 Å². The van der Waals surface area contributed by atoms with Crippen molar-refractivity contribution in [3.63, 3.8) is 0 Å². The Kier molecular flexibility index (Phi) is 6.03. The van der Waals surface area contributed by atoms with Gasteiger partial charge in [0.2, 0.25) is 5.75 Å². The Morgan fingerprint density at radius 2 is 1.83 bits per heavy atom. The molecule has 1 heterocycles. The summed E-state index contributed by atoms with van der Waals surface area (Å²) in [5.74, 6) is 1.11. The Bertz CT molecular complexity index is 689. The van der Waals surface area contributed by atoms with Gasteiger partial charge in [0.15, 0.2) is 11.5 Å². The number of carbonyl (C=O) groups is 1. The molecule has 24 heavy (non-hydrogen) atoms. The zero-order valence-electron chi connectivity index (χ0n) is 14.5. The maximum Gasteiger partial charge on any atom is 0.252 e. The summed E-state index contributed by atoms with van der Waals surface area (Å²) in [6, 6.07) is 3.07. The third-order valence-corrected chi connectivity index (χ3v) is 4.60. The van der Waals surface area contributed by atoms with E-state index in [-0.39, 0.29) is 11.9 Å². The van der Waals surface area contributed by atoms with Crippen LogP contribution in [0, 0.1) is 0 Å². The van der Waals surface area contributed by atoms with Crippen LogP contribution in [0.2, 0.25) is 0 Å². The highest BCUT2D eigenvalue weighted by atomic mass is 32.1. The summed E-state index contributed by atoms with van der Waals surface area (Å²) in [7, 11) is 4.56. The van der Waals surface area contributed by atoms with Crippen LogP contribution in [-0.4, -0.2) is 32.2 Å². The number of carbonyl (C=O) groups excluding carboxylic acids is 1. The standard InChI is InChI=1S/C17H22N2O4S/c1-6-15-19-12(9-24-15)10(2)18-17(20)11-7-13(21-3)16(23-5)14(8-11)22-4/h7-10H,6H2,1-5H3,(H,18,20). The Morgan fingerprint density at radius 1 is 1.21 bits per heavy atom. The lowest BCUT2D eigenvalue weighted by Crippen LogP contribution is -2.27. The van der Waals surface area contributed by atoms with Gasteiger partial charge in [-0.15, -0.1) is 11.3 Å². The van der Waals surface area contributed by atoms with E-state index in [0.717, 1.165) is 17.1 Å². The van der Waals surface area contributed by atoms with Gasteiger partial charge in [-0.05, 0) is 25.5 Å². The first-order valence-corrected chi connectivity index (χ1v) is 8.47. The highest BCUT2D eigenvalue weighted by molar-refractivity contribution is 7.09. The molecule has 0 spiro atoms. The Balaban J connectivity index is 2.22. The molecule has 0 bridgehead atoms. The first kappa shape index (κ1) is 18.1. The molecule has 1 N–H and O–H groups in total. The molecule has 0 fully saturated rings. The fourth-order valence-electron chi connectivity index (χ4n) is 2.25. The Labute approximate surface area is 145 Å². The Morgan fingerprint density at radius 3 is 2.29 bits per heavy atom. The van der Waals surface area contributed by atoms with Gasteiger partial charge in [0.05, 0.1) is 38.1 Å². The van der Waals surface area contributed by atoms with E-state index in [4.69, 9.17) is 14.2 Å². The zero-order valence-corrected chi connectivity index (χ0v) is 15.3. The van der Waals surface area contributed by atoms with Crippen molar-refractivity contribution >= 4 is 17.2 Å². The van der Waals surface area contributed by atoms with E-state index in [9.17, 15) is 4.79 Å². The van der Waals surface area contributed by atoms with Gasteiger partial charge in [0.1, 0.15) is 0 Å². The number of methoxy groups -OCH3 is 3. The predicted octanol–water partition coefficient (Wildman–Crippen LogP) is 3.22. The van der Waals surface area contributed by atoms with Crippen molar-refractivity contribution in [2.45, 2.75) is 26.3 Å². The molecule has 130 valence electrons. The number of hydrogen-bond donors (Lipinski definition) is 1. The molecule has 2 rings (SSSR count). The molecule has 0 radical (unpaired) electrons. The van der Waals surface area contributed by atoms with Crippen molar-refractivity contribution in [3.05, 3.63) is 33.8 Å². The number of nitrogens with zero attached hydrogens (tertiary/aromatic N) is 1. The first-order valence-electron chi connectivity index (χ1n) is 7.59. The molecule has 1 aromatic heterocycles. The summed E-state index contributed by atoms with van der Waals surface area (Å²) >= 11 is 1.60. The average Bonchev–Trinajstić information content (AvgIpc) is 3.09. The van der Waals surface area contributed by atoms with E-state index in [0.29, 0.717) is 22.8 Å². The topological polar surface area (TPSA) is 69.7 Å². The monoisotopic (exact) mass is 350 g/mol. The second-order valence-electron chi connectivity index (χ2n) is 5.13. The van der Waals surface area contributed by atoms with Gasteiger partial charge in [0, 0.05) is 10.9 Å². The summed E-state index contributed by atoms with van der Waals surface area (Å²) in [6.45, 7) is 3.96. The van der Waals surface area contributed by atoms with Gasteiger partial charge >= 0.3 is 0 Å². The van der Waals surface area contributed by atoms with Gasteiger partial charge in [-0.3, -0.25) is 4.79 Å². The van der Waals surface area contributed by atoms with Crippen molar-refractivity contribution in [1.82, 2.24) is 10.3 Å². The average molecular weight is 350 g/mol. The number of amides is 1. The third kappa shape index (κ3) is 3.79. The fourth-order valence-corrected chi connectivity index (χ4v) is 3.09. The number of rotatable bonds is 7. The minimum Gasteiger partial charge on any atom is -0.493 e. The van der Waals surface area contributed by atoms with Crippen LogP contribution in [0.4, 0.5) is 0 Å². The molecule has 0 saturated heterocycles. The number of ether oxygens (including phenoxy) is 3. The van der Waals surface area contributed by atoms with Crippen molar-refractivity contribution < 1.29 is 19.0 Å².